The molecule has 2 atom stereocenters. The number of hydrogen-bond donors (Lipinski definition) is 3. The molecular weight excluding hydrogens is 286 g/mol. The molecule has 0 aliphatic heterocycles. The van der Waals surface area contributed by atoms with Crippen molar-refractivity contribution in [1.82, 2.24) is 16.0 Å². The number of urea groups is 1. The average molecular weight is 311 g/mol. The van der Waals surface area contributed by atoms with E-state index in [1.807, 2.05) is 19.9 Å². The Hall–Kier alpha value is -1.56. The zero-order chi connectivity index (χ0) is 15.8. The normalized spacial score (nSPS) is 13.3. The highest BCUT2D eigenvalue weighted by atomic mass is 32.1. The van der Waals surface area contributed by atoms with E-state index in [0.717, 1.165) is 17.7 Å². The van der Waals surface area contributed by atoms with Gasteiger partial charge in [-0.15, -0.1) is 11.3 Å². The first-order valence-electron chi connectivity index (χ1n) is 7.38. The second-order valence-electron chi connectivity index (χ2n) is 5.09. The van der Waals surface area contributed by atoms with Crippen LogP contribution in [0.15, 0.2) is 12.1 Å². The van der Waals surface area contributed by atoms with Crippen molar-refractivity contribution in [3.63, 3.8) is 0 Å². The number of amides is 3. The molecule has 1 aromatic rings. The molecule has 0 saturated heterocycles. The number of aryl methyl sites for hydroxylation is 1. The van der Waals surface area contributed by atoms with Crippen LogP contribution in [0.4, 0.5) is 4.79 Å². The van der Waals surface area contributed by atoms with Gasteiger partial charge in [0.15, 0.2) is 0 Å². The molecule has 0 fully saturated rings. The van der Waals surface area contributed by atoms with Crippen molar-refractivity contribution >= 4 is 23.3 Å². The quantitative estimate of drug-likeness (QED) is 0.724. The summed E-state index contributed by atoms with van der Waals surface area (Å²) in [4.78, 5) is 26.0. The largest absolute Gasteiger partial charge is 0.352 e. The lowest BCUT2D eigenvalue weighted by Gasteiger charge is -2.17. The summed E-state index contributed by atoms with van der Waals surface area (Å²) in [5.41, 5.74) is 0. The maximum absolute atomic E-state index is 11.8. The molecule has 1 heterocycles. The second-order valence-corrected chi connectivity index (χ2v) is 6.34. The molecule has 0 aliphatic rings. The lowest BCUT2D eigenvalue weighted by atomic mass is 10.2. The first-order valence-corrected chi connectivity index (χ1v) is 8.20. The predicted molar refractivity (Wildman–Crippen MR) is 86.4 cm³/mol. The van der Waals surface area contributed by atoms with Gasteiger partial charge in [0, 0.05) is 15.8 Å². The van der Waals surface area contributed by atoms with Crippen LogP contribution in [0.1, 0.15) is 43.9 Å². The summed E-state index contributed by atoms with van der Waals surface area (Å²) in [6.45, 7) is 8.20. The molecule has 0 radical (unpaired) electrons. The molecule has 1 rings (SSSR count). The number of nitrogens with one attached hydrogen (secondary N) is 3. The Labute approximate surface area is 130 Å². The van der Waals surface area contributed by atoms with E-state index in [4.69, 9.17) is 0 Å². The Morgan fingerprint density at radius 2 is 1.81 bits per heavy atom. The molecule has 6 heteroatoms. The lowest BCUT2D eigenvalue weighted by Crippen LogP contribution is -2.49. The minimum Gasteiger partial charge on any atom is -0.352 e. The van der Waals surface area contributed by atoms with Crippen molar-refractivity contribution in [1.29, 1.82) is 0 Å². The van der Waals surface area contributed by atoms with E-state index in [-0.39, 0.29) is 18.0 Å². The molecule has 3 amide bonds. The van der Waals surface area contributed by atoms with E-state index < -0.39 is 6.04 Å². The zero-order valence-corrected chi connectivity index (χ0v) is 14.0. The van der Waals surface area contributed by atoms with E-state index in [2.05, 4.69) is 28.9 Å². The van der Waals surface area contributed by atoms with Crippen LogP contribution in [-0.4, -0.2) is 24.0 Å². The van der Waals surface area contributed by atoms with Gasteiger partial charge in [-0.2, -0.15) is 0 Å². The van der Waals surface area contributed by atoms with Gasteiger partial charge < -0.3 is 16.0 Å². The van der Waals surface area contributed by atoms with Crippen LogP contribution in [0.2, 0.25) is 0 Å². The Bertz CT molecular complexity index is 473. The van der Waals surface area contributed by atoms with Gasteiger partial charge in [-0.1, -0.05) is 13.8 Å². The second kappa shape index (κ2) is 8.67. The monoisotopic (exact) mass is 311 g/mol. The summed E-state index contributed by atoms with van der Waals surface area (Å²) in [7, 11) is 0. The van der Waals surface area contributed by atoms with Crippen LogP contribution < -0.4 is 16.0 Å². The third-order valence-corrected chi connectivity index (χ3v) is 4.46. The SMILES string of the molecule is CCc1ccc(CNC(=O)N[C@@H](C)C(=O)N[C@@H](C)CC)s1. The standard InChI is InChI=1S/C15H25N3O2S/c1-5-10(3)17-14(19)11(4)18-15(20)16-9-13-8-7-12(6-2)21-13/h7-8,10-11H,5-6,9H2,1-4H3,(H,17,19)(H2,16,18,20)/t10-,11-/m0/s1. The van der Waals surface area contributed by atoms with Crippen LogP contribution in [-0.2, 0) is 17.8 Å². The fraction of sp³-hybridized carbons (Fsp3) is 0.600. The van der Waals surface area contributed by atoms with E-state index in [0.29, 0.717) is 6.54 Å². The van der Waals surface area contributed by atoms with Crippen molar-refractivity contribution in [2.75, 3.05) is 0 Å². The van der Waals surface area contributed by atoms with Crippen molar-refractivity contribution in [2.45, 2.75) is 59.2 Å². The summed E-state index contributed by atoms with van der Waals surface area (Å²) < 4.78 is 0. The fourth-order valence-electron chi connectivity index (χ4n) is 1.66. The van der Waals surface area contributed by atoms with E-state index in [1.165, 1.54) is 4.88 Å². The predicted octanol–water partition coefficient (Wildman–Crippen LogP) is 2.41. The molecular formula is C15H25N3O2S. The zero-order valence-electron chi connectivity index (χ0n) is 13.2. The Balaban J connectivity index is 2.33. The van der Waals surface area contributed by atoms with Gasteiger partial charge in [-0.05, 0) is 38.8 Å². The topological polar surface area (TPSA) is 70.2 Å². The Morgan fingerprint density at radius 1 is 1.14 bits per heavy atom. The number of thiophene rings is 1. The number of rotatable bonds is 7. The number of carbonyl (C=O) groups is 2. The van der Waals surface area contributed by atoms with Crippen LogP contribution in [0.3, 0.4) is 0 Å². The Kier molecular flexibility index (Phi) is 7.22. The summed E-state index contributed by atoms with van der Waals surface area (Å²) in [5.74, 6) is -0.163. The van der Waals surface area contributed by atoms with Gasteiger partial charge in [-0.3, -0.25) is 4.79 Å². The summed E-state index contributed by atoms with van der Waals surface area (Å²) in [5, 5.41) is 8.25. The molecule has 1 aromatic heterocycles. The minimum atomic E-state index is -0.548. The third kappa shape index (κ3) is 6.16. The van der Waals surface area contributed by atoms with Crippen LogP contribution in [0.25, 0.3) is 0 Å². The van der Waals surface area contributed by atoms with E-state index in [1.54, 1.807) is 18.3 Å². The number of carbonyl (C=O) groups excluding carboxylic acids is 2. The molecule has 21 heavy (non-hydrogen) atoms. The highest BCUT2D eigenvalue weighted by molar-refractivity contribution is 7.11. The molecule has 0 aromatic carbocycles. The average Bonchev–Trinajstić information content (AvgIpc) is 2.92. The molecule has 0 aliphatic carbocycles. The van der Waals surface area contributed by atoms with Crippen molar-refractivity contribution < 1.29 is 9.59 Å². The molecule has 0 bridgehead atoms. The van der Waals surface area contributed by atoms with Gasteiger partial charge >= 0.3 is 6.03 Å². The van der Waals surface area contributed by atoms with E-state index in [9.17, 15) is 9.59 Å². The van der Waals surface area contributed by atoms with Crippen LogP contribution in [0.5, 0.6) is 0 Å². The lowest BCUT2D eigenvalue weighted by molar-refractivity contribution is -0.123. The van der Waals surface area contributed by atoms with E-state index >= 15 is 0 Å². The first kappa shape index (κ1) is 17.5. The summed E-state index contributed by atoms with van der Waals surface area (Å²) >= 11 is 1.69. The van der Waals surface area contributed by atoms with Gasteiger partial charge in [0.2, 0.25) is 5.91 Å². The minimum absolute atomic E-state index is 0.114. The maximum atomic E-state index is 11.8. The highest BCUT2D eigenvalue weighted by Crippen LogP contribution is 2.16. The maximum Gasteiger partial charge on any atom is 0.315 e. The summed E-state index contributed by atoms with van der Waals surface area (Å²) in [6, 6.07) is 3.33. The molecule has 5 nitrogen and oxygen atoms in total. The molecule has 0 unspecified atom stereocenters. The number of hydrogen-bond acceptors (Lipinski definition) is 3. The van der Waals surface area contributed by atoms with Crippen LogP contribution >= 0.6 is 11.3 Å². The van der Waals surface area contributed by atoms with Crippen LogP contribution in [0, 0.1) is 0 Å². The fourth-order valence-corrected chi connectivity index (χ4v) is 2.56. The first-order chi connectivity index (χ1) is 9.96. The third-order valence-electron chi connectivity index (χ3n) is 3.23. The van der Waals surface area contributed by atoms with Crippen molar-refractivity contribution in [3.05, 3.63) is 21.9 Å². The van der Waals surface area contributed by atoms with Gasteiger partial charge in [-0.25, -0.2) is 4.79 Å². The highest BCUT2D eigenvalue weighted by Gasteiger charge is 2.16. The molecule has 118 valence electrons. The van der Waals surface area contributed by atoms with Gasteiger partial charge in [0.05, 0.1) is 6.54 Å². The van der Waals surface area contributed by atoms with Crippen molar-refractivity contribution in [2.24, 2.45) is 0 Å². The van der Waals surface area contributed by atoms with Crippen molar-refractivity contribution in [3.8, 4) is 0 Å². The van der Waals surface area contributed by atoms with Gasteiger partial charge in [0.25, 0.3) is 0 Å². The smallest absolute Gasteiger partial charge is 0.315 e. The summed E-state index contributed by atoms with van der Waals surface area (Å²) in [6.07, 6.45) is 1.87. The van der Waals surface area contributed by atoms with Gasteiger partial charge in [0.1, 0.15) is 6.04 Å². The molecule has 0 spiro atoms. The molecule has 3 N–H and O–H groups in total. The Morgan fingerprint density at radius 3 is 2.38 bits per heavy atom. The molecule has 0 saturated carbocycles.